The zero-order valence-corrected chi connectivity index (χ0v) is 14.8. The van der Waals surface area contributed by atoms with Gasteiger partial charge in [0, 0.05) is 28.7 Å². The van der Waals surface area contributed by atoms with Crippen LogP contribution in [0.2, 0.25) is 0 Å². The Kier molecular flexibility index (Phi) is 4.80. The lowest BCUT2D eigenvalue weighted by Crippen LogP contribution is -2.40. The summed E-state index contributed by atoms with van der Waals surface area (Å²) in [5, 5.41) is 4.55. The summed E-state index contributed by atoms with van der Waals surface area (Å²) < 4.78 is 24.8. The van der Waals surface area contributed by atoms with Crippen molar-refractivity contribution in [3.8, 4) is 11.5 Å². The summed E-state index contributed by atoms with van der Waals surface area (Å²) in [6, 6.07) is 11.1. The van der Waals surface area contributed by atoms with Crippen LogP contribution in [0.25, 0.3) is 10.9 Å². The van der Waals surface area contributed by atoms with Crippen molar-refractivity contribution in [2.45, 2.75) is 25.3 Å². The Morgan fingerprint density at radius 3 is 3.12 bits per heavy atom. The number of aromatic amines is 1. The first kappa shape index (κ1) is 16.9. The van der Waals surface area contributed by atoms with Gasteiger partial charge in [-0.2, -0.15) is 0 Å². The fraction of sp³-hybridized carbons (Fsp3) is 0.333. The quantitative estimate of drug-likeness (QED) is 0.661. The van der Waals surface area contributed by atoms with Gasteiger partial charge in [0.25, 0.3) is 0 Å². The smallest absolute Gasteiger partial charge is 0.126 e. The number of rotatable bonds is 6. The predicted octanol–water partition coefficient (Wildman–Crippen LogP) is 3.84. The van der Waals surface area contributed by atoms with Gasteiger partial charge >= 0.3 is 0 Å². The van der Waals surface area contributed by atoms with Crippen LogP contribution in [0.1, 0.15) is 17.5 Å². The van der Waals surface area contributed by atoms with Crippen LogP contribution in [0.3, 0.4) is 0 Å². The van der Waals surface area contributed by atoms with Crippen molar-refractivity contribution in [2.24, 2.45) is 0 Å². The number of nitrogens with one attached hydrogen (secondary N) is 2. The summed E-state index contributed by atoms with van der Waals surface area (Å²) in [6.07, 6.45) is 4.77. The molecular formula is C21H23FN2O2. The van der Waals surface area contributed by atoms with Crippen LogP contribution in [-0.4, -0.2) is 31.3 Å². The normalized spacial score (nSPS) is 16.3. The summed E-state index contributed by atoms with van der Waals surface area (Å²) >= 11 is 0. The van der Waals surface area contributed by atoms with Gasteiger partial charge in [-0.3, -0.25) is 0 Å². The van der Waals surface area contributed by atoms with Crippen LogP contribution in [0.4, 0.5) is 4.39 Å². The van der Waals surface area contributed by atoms with Gasteiger partial charge in [-0.15, -0.1) is 0 Å². The Morgan fingerprint density at radius 2 is 2.23 bits per heavy atom. The molecule has 0 amide bonds. The molecule has 0 fully saturated rings. The molecule has 4 rings (SSSR count). The minimum atomic E-state index is -0.191. The van der Waals surface area contributed by atoms with Crippen molar-refractivity contribution >= 4 is 10.9 Å². The molecule has 2 heterocycles. The molecule has 3 aromatic rings. The van der Waals surface area contributed by atoms with Crippen LogP contribution in [0.5, 0.6) is 11.5 Å². The van der Waals surface area contributed by atoms with Gasteiger partial charge < -0.3 is 19.8 Å². The number of hydrogen-bond donors (Lipinski definition) is 2. The highest BCUT2D eigenvalue weighted by molar-refractivity contribution is 5.83. The molecule has 2 N–H and O–H groups in total. The third-order valence-electron chi connectivity index (χ3n) is 4.99. The molecule has 5 heteroatoms. The van der Waals surface area contributed by atoms with E-state index < -0.39 is 0 Å². The molecule has 1 aliphatic rings. The predicted molar refractivity (Wildman–Crippen MR) is 101 cm³/mol. The van der Waals surface area contributed by atoms with E-state index in [1.165, 1.54) is 6.07 Å². The maximum absolute atomic E-state index is 13.5. The van der Waals surface area contributed by atoms with Gasteiger partial charge in [-0.05, 0) is 61.7 Å². The number of benzene rings is 2. The summed E-state index contributed by atoms with van der Waals surface area (Å²) in [5.74, 6) is 1.61. The van der Waals surface area contributed by atoms with E-state index in [9.17, 15) is 4.39 Å². The molecule has 1 aliphatic heterocycles. The van der Waals surface area contributed by atoms with Crippen molar-refractivity contribution in [1.82, 2.24) is 10.3 Å². The van der Waals surface area contributed by atoms with Crippen molar-refractivity contribution in [3.63, 3.8) is 0 Å². The molecule has 136 valence electrons. The number of hydrogen-bond acceptors (Lipinski definition) is 3. The standard InChI is InChI=1S/C21H23FN2O2/c1-25-20-5-2-6-21-18(20)11-16(13-26-21)23-9-3-4-14-12-24-19-8-7-15(22)10-17(14)19/h2,5-8,10,12,16,23-24H,3-4,9,11,13H2,1H3/t16-/m0/s1. The number of H-pyrrole nitrogens is 1. The second kappa shape index (κ2) is 7.38. The Balaban J connectivity index is 1.32. The number of aryl methyl sites for hydroxylation is 1. The molecule has 0 saturated heterocycles. The number of ether oxygens (including phenoxy) is 2. The molecule has 0 bridgehead atoms. The molecule has 26 heavy (non-hydrogen) atoms. The molecular weight excluding hydrogens is 331 g/mol. The molecule has 1 aromatic heterocycles. The zero-order valence-electron chi connectivity index (χ0n) is 14.8. The van der Waals surface area contributed by atoms with Crippen molar-refractivity contribution in [2.75, 3.05) is 20.3 Å². The van der Waals surface area contributed by atoms with Gasteiger partial charge in [0.15, 0.2) is 0 Å². The fourth-order valence-electron chi connectivity index (χ4n) is 3.64. The van der Waals surface area contributed by atoms with Crippen LogP contribution in [-0.2, 0) is 12.8 Å². The van der Waals surface area contributed by atoms with Gasteiger partial charge in [0.1, 0.15) is 23.9 Å². The molecule has 0 unspecified atom stereocenters. The van der Waals surface area contributed by atoms with E-state index in [-0.39, 0.29) is 11.9 Å². The first-order chi connectivity index (χ1) is 12.7. The molecule has 4 nitrogen and oxygen atoms in total. The van der Waals surface area contributed by atoms with E-state index in [1.54, 1.807) is 19.2 Å². The zero-order chi connectivity index (χ0) is 17.9. The Bertz CT molecular complexity index is 892. The summed E-state index contributed by atoms with van der Waals surface area (Å²) in [7, 11) is 1.69. The topological polar surface area (TPSA) is 46.3 Å². The Morgan fingerprint density at radius 1 is 1.31 bits per heavy atom. The second-order valence-electron chi connectivity index (χ2n) is 6.71. The van der Waals surface area contributed by atoms with Gasteiger partial charge in [0.05, 0.1) is 7.11 Å². The van der Waals surface area contributed by atoms with Gasteiger partial charge in [0.2, 0.25) is 0 Å². The van der Waals surface area contributed by atoms with Crippen LogP contribution >= 0.6 is 0 Å². The Hall–Kier alpha value is -2.53. The van der Waals surface area contributed by atoms with Crippen LogP contribution in [0, 0.1) is 5.82 Å². The highest BCUT2D eigenvalue weighted by Gasteiger charge is 2.22. The van der Waals surface area contributed by atoms with E-state index in [4.69, 9.17) is 9.47 Å². The summed E-state index contributed by atoms with van der Waals surface area (Å²) in [6.45, 7) is 1.55. The van der Waals surface area contributed by atoms with Crippen molar-refractivity contribution < 1.29 is 13.9 Å². The minimum Gasteiger partial charge on any atom is -0.496 e. The lowest BCUT2D eigenvalue weighted by Gasteiger charge is -2.27. The van der Waals surface area contributed by atoms with Crippen molar-refractivity contribution in [1.29, 1.82) is 0 Å². The maximum Gasteiger partial charge on any atom is 0.126 e. The molecule has 0 radical (unpaired) electrons. The number of methoxy groups -OCH3 is 1. The summed E-state index contributed by atoms with van der Waals surface area (Å²) in [4.78, 5) is 3.21. The average Bonchev–Trinajstić information content (AvgIpc) is 3.06. The molecule has 0 aliphatic carbocycles. The van der Waals surface area contributed by atoms with E-state index in [1.807, 2.05) is 24.4 Å². The third-order valence-corrected chi connectivity index (χ3v) is 4.99. The maximum atomic E-state index is 13.5. The van der Waals surface area contributed by atoms with Gasteiger partial charge in [-0.25, -0.2) is 4.39 Å². The van der Waals surface area contributed by atoms with E-state index in [0.717, 1.165) is 59.3 Å². The minimum absolute atomic E-state index is 0.191. The Labute approximate surface area is 152 Å². The number of halogens is 1. The average molecular weight is 354 g/mol. The highest BCUT2D eigenvalue weighted by Crippen LogP contribution is 2.32. The summed E-state index contributed by atoms with van der Waals surface area (Å²) in [5.41, 5.74) is 3.28. The highest BCUT2D eigenvalue weighted by atomic mass is 19.1. The van der Waals surface area contributed by atoms with Crippen LogP contribution < -0.4 is 14.8 Å². The van der Waals surface area contributed by atoms with Crippen molar-refractivity contribution in [3.05, 3.63) is 59.5 Å². The molecule has 1 atom stereocenters. The molecule has 0 spiro atoms. The second-order valence-corrected chi connectivity index (χ2v) is 6.71. The number of aromatic nitrogens is 1. The molecule has 0 saturated carbocycles. The monoisotopic (exact) mass is 354 g/mol. The van der Waals surface area contributed by atoms with Gasteiger partial charge in [-0.1, -0.05) is 6.07 Å². The van der Waals surface area contributed by atoms with E-state index in [0.29, 0.717) is 6.61 Å². The SMILES string of the molecule is COc1cccc2c1C[C@H](NCCCc1c[nH]c3ccc(F)cc13)CO2. The lowest BCUT2D eigenvalue weighted by atomic mass is 10.0. The van der Waals surface area contributed by atoms with Crippen LogP contribution in [0.15, 0.2) is 42.6 Å². The third kappa shape index (κ3) is 3.40. The number of fused-ring (bicyclic) bond motifs is 2. The van der Waals surface area contributed by atoms with E-state index >= 15 is 0 Å². The fourth-order valence-corrected chi connectivity index (χ4v) is 3.64. The molecule has 2 aromatic carbocycles. The first-order valence-electron chi connectivity index (χ1n) is 9.02. The van der Waals surface area contributed by atoms with E-state index in [2.05, 4.69) is 10.3 Å². The lowest BCUT2D eigenvalue weighted by molar-refractivity contribution is 0.234. The first-order valence-corrected chi connectivity index (χ1v) is 9.02. The largest absolute Gasteiger partial charge is 0.496 e.